The molecule has 0 unspecified atom stereocenters. The Labute approximate surface area is 140 Å². The molecule has 1 aliphatic rings. The zero-order valence-corrected chi connectivity index (χ0v) is 13.7. The quantitative estimate of drug-likeness (QED) is 0.715. The van der Waals surface area contributed by atoms with Crippen molar-refractivity contribution in [2.45, 2.75) is 32.0 Å². The molecule has 8 heteroatoms. The highest BCUT2D eigenvalue weighted by Crippen LogP contribution is 2.15. The Balaban J connectivity index is 1.73. The van der Waals surface area contributed by atoms with Gasteiger partial charge in [0, 0.05) is 12.3 Å². The van der Waals surface area contributed by atoms with Gasteiger partial charge in [-0.3, -0.25) is 0 Å². The number of amides is 3. The molecule has 1 atom stereocenters. The van der Waals surface area contributed by atoms with Crippen LogP contribution in [0.4, 0.5) is 15.3 Å². The minimum Gasteiger partial charge on any atom is -0.452 e. The second-order valence-corrected chi connectivity index (χ2v) is 5.40. The predicted molar refractivity (Wildman–Crippen MR) is 87.4 cm³/mol. The highest BCUT2D eigenvalue weighted by atomic mass is 16.5. The third-order valence-electron chi connectivity index (χ3n) is 3.49. The monoisotopic (exact) mass is 337 g/mol. The third-order valence-corrected chi connectivity index (χ3v) is 3.49. The van der Waals surface area contributed by atoms with E-state index in [1.165, 1.54) is 13.5 Å². The summed E-state index contributed by atoms with van der Waals surface area (Å²) in [5, 5.41) is 2.60. The van der Waals surface area contributed by atoms with E-state index in [4.69, 9.17) is 9.47 Å². The number of methoxy groups -OCH3 is 1. The summed E-state index contributed by atoms with van der Waals surface area (Å²) >= 11 is 0. The van der Waals surface area contributed by atoms with Crippen LogP contribution in [0.15, 0.2) is 24.3 Å². The van der Waals surface area contributed by atoms with Gasteiger partial charge in [0.1, 0.15) is 0 Å². The summed E-state index contributed by atoms with van der Waals surface area (Å²) in [6.45, 7) is 1.82. The first kappa shape index (κ1) is 18.0. The number of benzene rings is 1. The van der Waals surface area contributed by atoms with E-state index in [1.807, 2.05) is 12.1 Å². The second kappa shape index (κ2) is 9.74. The Kier molecular flexibility index (Phi) is 7.31. The lowest BCUT2D eigenvalue weighted by atomic mass is 10.1. The van der Waals surface area contributed by atoms with Gasteiger partial charge in [0.25, 0.3) is 0 Å². The molecule has 1 fully saturated rings. The van der Waals surface area contributed by atoms with Crippen LogP contribution in [-0.2, 0) is 20.8 Å². The van der Waals surface area contributed by atoms with Crippen molar-refractivity contribution in [2.75, 3.05) is 25.6 Å². The van der Waals surface area contributed by atoms with E-state index in [1.54, 1.807) is 12.1 Å². The molecule has 0 spiro atoms. The summed E-state index contributed by atoms with van der Waals surface area (Å²) < 4.78 is 15.6. The van der Waals surface area contributed by atoms with Gasteiger partial charge in [-0.05, 0) is 37.0 Å². The molecule has 0 radical (unpaired) electrons. The van der Waals surface area contributed by atoms with Crippen LogP contribution in [0, 0.1) is 0 Å². The molecule has 132 valence electrons. The number of nitrogens with one attached hydrogen (secondary N) is 3. The van der Waals surface area contributed by atoms with Crippen molar-refractivity contribution < 1.29 is 23.8 Å². The first-order valence-corrected chi connectivity index (χ1v) is 7.86. The fourth-order valence-electron chi connectivity index (χ4n) is 2.31. The van der Waals surface area contributed by atoms with Crippen LogP contribution >= 0.6 is 0 Å². The number of hydrogen-bond donors (Lipinski definition) is 3. The fourth-order valence-corrected chi connectivity index (χ4v) is 2.31. The molecule has 1 heterocycles. The van der Waals surface area contributed by atoms with Gasteiger partial charge in [-0.15, -0.1) is 0 Å². The number of carbonyl (C=O) groups excluding carboxylic acids is 2. The Hall–Kier alpha value is -2.32. The van der Waals surface area contributed by atoms with E-state index in [0.717, 1.165) is 25.0 Å². The Morgan fingerprint density at radius 3 is 2.92 bits per heavy atom. The summed E-state index contributed by atoms with van der Waals surface area (Å²) in [6, 6.07) is 6.70. The van der Waals surface area contributed by atoms with Gasteiger partial charge in [-0.25, -0.2) is 20.4 Å². The van der Waals surface area contributed by atoms with Crippen molar-refractivity contribution in [3.05, 3.63) is 29.8 Å². The highest BCUT2D eigenvalue weighted by molar-refractivity contribution is 5.90. The standard InChI is InChI=1S/C16H23N3O5/c1-22-16(21)19-18-15(20)17-13-6-4-5-12(9-13)10-23-11-14-7-2-3-8-24-14/h4-6,9,14H,2-3,7-8,10-11H2,1H3,(H,19,21)(H2,17,18,20)/t14-/m0/s1. The molecule has 1 aliphatic heterocycles. The summed E-state index contributed by atoms with van der Waals surface area (Å²) in [7, 11) is 1.21. The molecule has 24 heavy (non-hydrogen) atoms. The van der Waals surface area contributed by atoms with Crippen molar-refractivity contribution >= 4 is 17.8 Å². The van der Waals surface area contributed by atoms with Crippen LogP contribution in [0.25, 0.3) is 0 Å². The predicted octanol–water partition coefficient (Wildman–Crippen LogP) is 2.16. The van der Waals surface area contributed by atoms with E-state index in [-0.39, 0.29) is 6.10 Å². The first-order valence-electron chi connectivity index (χ1n) is 7.86. The molecule has 3 N–H and O–H groups in total. The lowest BCUT2D eigenvalue weighted by Gasteiger charge is -2.22. The summed E-state index contributed by atoms with van der Waals surface area (Å²) in [5.74, 6) is 0. The van der Waals surface area contributed by atoms with Crippen molar-refractivity contribution in [1.29, 1.82) is 0 Å². The Bertz CT molecular complexity index is 546. The molecule has 1 saturated heterocycles. The van der Waals surface area contributed by atoms with Crippen molar-refractivity contribution in [3.8, 4) is 0 Å². The van der Waals surface area contributed by atoms with Gasteiger partial charge in [0.2, 0.25) is 0 Å². The van der Waals surface area contributed by atoms with Gasteiger partial charge in [0.05, 0.1) is 26.4 Å². The van der Waals surface area contributed by atoms with Gasteiger partial charge in [0.15, 0.2) is 0 Å². The van der Waals surface area contributed by atoms with Crippen molar-refractivity contribution in [3.63, 3.8) is 0 Å². The molecule has 2 rings (SSSR count). The molecule has 0 saturated carbocycles. The summed E-state index contributed by atoms with van der Waals surface area (Å²) in [4.78, 5) is 22.5. The Morgan fingerprint density at radius 2 is 2.17 bits per heavy atom. The first-order chi connectivity index (χ1) is 11.7. The van der Waals surface area contributed by atoms with E-state index in [0.29, 0.717) is 18.9 Å². The average Bonchev–Trinajstić information content (AvgIpc) is 2.61. The molecular weight excluding hydrogens is 314 g/mol. The lowest BCUT2D eigenvalue weighted by Crippen LogP contribution is -2.43. The highest BCUT2D eigenvalue weighted by Gasteiger charge is 2.13. The van der Waals surface area contributed by atoms with Crippen LogP contribution in [0.2, 0.25) is 0 Å². The van der Waals surface area contributed by atoms with E-state index in [9.17, 15) is 9.59 Å². The van der Waals surface area contributed by atoms with Crippen LogP contribution in [0.1, 0.15) is 24.8 Å². The second-order valence-electron chi connectivity index (χ2n) is 5.40. The number of hydrogen-bond acceptors (Lipinski definition) is 5. The van der Waals surface area contributed by atoms with Gasteiger partial charge in [-0.1, -0.05) is 12.1 Å². The zero-order valence-electron chi connectivity index (χ0n) is 13.7. The normalized spacial score (nSPS) is 17.0. The van der Waals surface area contributed by atoms with Crippen LogP contribution < -0.4 is 16.2 Å². The van der Waals surface area contributed by atoms with Gasteiger partial charge < -0.3 is 19.5 Å². The summed E-state index contributed by atoms with van der Waals surface area (Å²) in [5.41, 5.74) is 5.77. The van der Waals surface area contributed by atoms with Crippen LogP contribution in [0.3, 0.4) is 0 Å². The Morgan fingerprint density at radius 1 is 1.29 bits per heavy atom. The molecule has 0 aromatic heterocycles. The number of hydrazine groups is 1. The van der Waals surface area contributed by atoms with E-state index in [2.05, 4.69) is 20.9 Å². The maximum absolute atomic E-state index is 11.6. The number of urea groups is 1. The van der Waals surface area contributed by atoms with Crippen molar-refractivity contribution in [2.24, 2.45) is 0 Å². The summed E-state index contributed by atoms with van der Waals surface area (Å²) in [6.07, 6.45) is 2.77. The smallest absolute Gasteiger partial charge is 0.425 e. The zero-order chi connectivity index (χ0) is 17.2. The molecule has 0 bridgehead atoms. The largest absolute Gasteiger partial charge is 0.452 e. The van der Waals surface area contributed by atoms with Gasteiger partial charge in [-0.2, -0.15) is 0 Å². The number of rotatable bonds is 5. The molecular formula is C16H23N3O5. The maximum atomic E-state index is 11.6. The molecule has 0 aliphatic carbocycles. The van der Waals surface area contributed by atoms with E-state index >= 15 is 0 Å². The van der Waals surface area contributed by atoms with Gasteiger partial charge >= 0.3 is 12.1 Å². The maximum Gasteiger partial charge on any atom is 0.425 e. The third kappa shape index (κ3) is 6.43. The van der Waals surface area contributed by atoms with Crippen LogP contribution in [-0.4, -0.2) is 38.6 Å². The average molecular weight is 337 g/mol. The van der Waals surface area contributed by atoms with Crippen LogP contribution in [0.5, 0.6) is 0 Å². The molecule has 3 amide bonds. The molecule has 1 aromatic rings. The number of anilines is 1. The SMILES string of the molecule is COC(=O)NNC(=O)Nc1cccc(COC[C@@H]2CCCCO2)c1. The molecule has 8 nitrogen and oxygen atoms in total. The topological polar surface area (TPSA) is 97.9 Å². The number of ether oxygens (including phenoxy) is 3. The lowest BCUT2D eigenvalue weighted by molar-refractivity contribution is -0.0447. The number of carbonyl (C=O) groups is 2. The fraction of sp³-hybridized carbons (Fsp3) is 0.500. The minimum absolute atomic E-state index is 0.176. The minimum atomic E-state index is -0.753. The van der Waals surface area contributed by atoms with Crippen molar-refractivity contribution in [1.82, 2.24) is 10.9 Å². The van der Waals surface area contributed by atoms with E-state index < -0.39 is 12.1 Å². The molecule has 1 aromatic carbocycles.